The molecule has 5 nitrogen and oxygen atoms in total. The van der Waals surface area contributed by atoms with Gasteiger partial charge in [-0.05, 0) is 24.1 Å². The molecule has 1 aromatic carbocycles. The number of amides is 1. The molecule has 0 saturated heterocycles. The van der Waals surface area contributed by atoms with Crippen LogP contribution in [0.5, 0.6) is 5.75 Å². The van der Waals surface area contributed by atoms with E-state index >= 15 is 0 Å². The summed E-state index contributed by atoms with van der Waals surface area (Å²) in [7, 11) is 0. The fourth-order valence-electron chi connectivity index (χ4n) is 1.59. The smallest absolute Gasteiger partial charge is 0.326 e. The van der Waals surface area contributed by atoms with Crippen LogP contribution in [0, 0.1) is 5.92 Å². The van der Waals surface area contributed by atoms with Crippen molar-refractivity contribution in [2.45, 2.75) is 26.3 Å². The lowest BCUT2D eigenvalue weighted by molar-refractivity contribution is -0.140. The van der Waals surface area contributed by atoms with Crippen LogP contribution in [0.15, 0.2) is 22.7 Å². The average molecular weight is 330 g/mol. The number of hydrogen-bond donors (Lipinski definition) is 3. The third kappa shape index (κ3) is 3.96. The topological polar surface area (TPSA) is 86.6 Å². The van der Waals surface area contributed by atoms with E-state index in [1.54, 1.807) is 13.0 Å². The number of hydrogen-bond acceptors (Lipinski definition) is 3. The maximum absolute atomic E-state index is 12.0. The molecule has 0 spiro atoms. The summed E-state index contributed by atoms with van der Waals surface area (Å²) >= 11 is 3.19. The van der Waals surface area contributed by atoms with Crippen LogP contribution in [-0.4, -0.2) is 28.1 Å². The van der Waals surface area contributed by atoms with Crippen molar-refractivity contribution in [3.8, 4) is 5.75 Å². The van der Waals surface area contributed by atoms with E-state index in [-0.39, 0.29) is 17.2 Å². The van der Waals surface area contributed by atoms with Crippen molar-refractivity contribution in [3.63, 3.8) is 0 Å². The Labute approximate surface area is 119 Å². The second-order valence-electron chi connectivity index (χ2n) is 4.34. The SMILES string of the molecule is CC[C@H](C)[C@H](NC(=O)c1cc(Br)ccc1O)C(=O)O. The minimum Gasteiger partial charge on any atom is -0.507 e. The molecule has 19 heavy (non-hydrogen) atoms. The molecule has 1 aromatic rings. The van der Waals surface area contributed by atoms with Crippen molar-refractivity contribution in [2.75, 3.05) is 0 Å². The fourth-order valence-corrected chi connectivity index (χ4v) is 1.95. The Hall–Kier alpha value is -1.56. The molecular formula is C13H16BrNO4. The number of benzene rings is 1. The van der Waals surface area contributed by atoms with Crippen LogP contribution >= 0.6 is 15.9 Å². The molecule has 0 unspecified atom stereocenters. The summed E-state index contributed by atoms with van der Waals surface area (Å²) in [5, 5.41) is 21.2. The van der Waals surface area contributed by atoms with Gasteiger partial charge in [0.1, 0.15) is 11.8 Å². The first-order valence-electron chi connectivity index (χ1n) is 5.89. The maximum atomic E-state index is 12.0. The van der Waals surface area contributed by atoms with Gasteiger partial charge in [-0.15, -0.1) is 0 Å². The third-order valence-corrected chi connectivity index (χ3v) is 3.46. The van der Waals surface area contributed by atoms with Crippen LogP contribution in [0.4, 0.5) is 0 Å². The van der Waals surface area contributed by atoms with Gasteiger partial charge in [-0.1, -0.05) is 36.2 Å². The van der Waals surface area contributed by atoms with Crippen molar-refractivity contribution >= 4 is 27.8 Å². The number of phenols is 1. The number of carbonyl (C=O) groups excluding carboxylic acids is 1. The first-order chi connectivity index (χ1) is 8.86. The Balaban J connectivity index is 2.94. The van der Waals surface area contributed by atoms with Crippen LogP contribution in [0.2, 0.25) is 0 Å². The fraction of sp³-hybridized carbons (Fsp3) is 0.385. The molecule has 0 radical (unpaired) electrons. The molecular weight excluding hydrogens is 314 g/mol. The predicted octanol–water partition coefficient (Wildman–Crippen LogP) is 2.38. The van der Waals surface area contributed by atoms with Crippen LogP contribution < -0.4 is 5.32 Å². The van der Waals surface area contributed by atoms with Gasteiger partial charge in [-0.25, -0.2) is 4.79 Å². The lowest BCUT2D eigenvalue weighted by Crippen LogP contribution is -2.45. The van der Waals surface area contributed by atoms with Crippen LogP contribution in [0.1, 0.15) is 30.6 Å². The zero-order valence-corrected chi connectivity index (χ0v) is 12.3. The second-order valence-corrected chi connectivity index (χ2v) is 5.25. The summed E-state index contributed by atoms with van der Waals surface area (Å²) in [5.74, 6) is -2.08. The Bertz CT molecular complexity index is 490. The van der Waals surface area contributed by atoms with Crippen molar-refractivity contribution in [3.05, 3.63) is 28.2 Å². The Morgan fingerprint density at radius 2 is 2.05 bits per heavy atom. The molecule has 0 aliphatic rings. The molecule has 0 aromatic heterocycles. The van der Waals surface area contributed by atoms with Gasteiger partial charge in [-0.3, -0.25) is 4.79 Å². The molecule has 1 rings (SSSR count). The van der Waals surface area contributed by atoms with Gasteiger partial charge in [0.25, 0.3) is 5.91 Å². The minimum atomic E-state index is -1.09. The Kier molecular flexibility index (Phi) is 5.35. The van der Waals surface area contributed by atoms with Gasteiger partial charge in [0.05, 0.1) is 5.56 Å². The molecule has 2 atom stereocenters. The quantitative estimate of drug-likeness (QED) is 0.774. The molecule has 3 N–H and O–H groups in total. The number of carboxylic acids is 1. The number of halogens is 1. The van der Waals surface area contributed by atoms with E-state index in [2.05, 4.69) is 21.2 Å². The van der Waals surface area contributed by atoms with E-state index in [4.69, 9.17) is 5.11 Å². The molecule has 1 amide bonds. The summed E-state index contributed by atoms with van der Waals surface area (Å²) in [6.07, 6.45) is 0.627. The first kappa shape index (κ1) is 15.5. The van der Waals surface area contributed by atoms with Crippen LogP contribution in [0.3, 0.4) is 0 Å². The minimum absolute atomic E-state index is 0.0453. The predicted molar refractivity (Wildman–Crippen MR) is 74.2 cm³/mol. The second kappa shape index (κ2) is 6.56. The highest BCUT2D eigenvalue weighted by atomic mass is 79.9. The summed E-state index contributed by atoms with van der Waals surface area (Å²) in [6.45, 7) is 3.60. The van der Waals surface area contributed by atoms with Gasteiger partial charge in [-0.2, -0.15) is 0 Å². The normalized spacial score (nSPS) is 13.6. The van der Waals surface area contributed by atoms with E-state index in [1.165, 1.54) is 12.1 Å². The van der Waals surface area contributed by atoms with Crippen molar-refractivity contribution in [2.24, 2.45) is 5.92 Å². The van der Waals surface area contributed by atoms with E-state index in [1.807, 2.05) is 6.92 Å². The molecule has 0 aliphatic heterocycles. The zero-order valence-electron chi connectivity index (χ0n) is 10.7. The van der Waals surface area contributed by atoms with Gasteiger partial charge < -0.3 is 15.5 Å². The van der Waals surface area contributed by atoms with E-state index in [0.29, 0.717) is 10.9 Å². The van der Waals surface area contributed by atoms with Crippen LogP contribution in [-0.2, 0) is 4.79 Å². The van der Waals surface area contributed by atoms with Gasteiger partial charge >= 0.3 is 5.97 Å². The number of aromatic hydroxyl groups is 1. The number of nitrogens with one attached hydrogen (secondary N) is 1. The molecule has 0 aliphatic carbocycles. The van der Waals surface area contributed by atoms with E-state index in [9.17, 15) is 14.7 Å². The highest BCUT2D eigenvalue weighted by Crippen LogP contribution is 2.22. The molecule has 0 fully saturated rings. The summed E-state index contributed by atoms with van der Waals surface area (Å²) in [4.78, 5) is 23.1. The van der Waals surface area contributed by atoms with E-state index in [0.717, 1.165) is 0 Å². The number of phenolic OH excluding ortho intramolecular Hbond substituents is 1. The summed E-state index contributed by atoms with van der Waals surface area (Å²) in [6, 6.07) is 3.43. The molecule has 104 valence electrons. The van der Waals surface area contributed by atoms with Gasteiger partial charge in [0, 0.05) is 4.47 Å². The lowest BCUT2D eigenvalue weighted by atomic mass is 9.99. The largest absolute Gasteiger partial charge is 0.507 e. The van der Waals surface area contributed by atoms with Crippen molar-refractivity contribution < 1.29 is 19.8 Å². The number of rotatable bonds is 5. The average Bonchev–Trinajstić information content (AvgIpc) is 2.37. The standard InChI is InChI=1S/C13H16BrNO4/c1-3-7(2)11(13(18)19)15-12(17)9-6-8(14)4-5-10(9)16/h4-7,11,16H,3H2,1-2H3,(H,15,17)(H,18,19)/t7-,11-/m0/s1. The third-order valence-electron chi connectivity index (χ3n) is 2.97. The maximum Gasteiger partial charge on any atom is 0.326 e. The van der Waals surface area contributed by atoms with Crippen molar-refractivity contribution in [1.29, 1.82) is 0 Å². The molecule has 0 saturated carbocycles. The van der Waals surface area contributed by atoms with Gasteiger partial charge in [0.2, 0.25) is 0 Å². The Morgan fingerprint density at radius 3 is 2.58 bits per heavy atom. The lowest BCUT2D eigenvalue weighted by Gasteiger charge is -2.20. The monoisotopic (exact) mass is 329 g/mol. The van der Waals surface area contributed by atoms with Crippen LogP contribution in [0.25, 0.3) is 0 Å². The highest BCUT2D eigenvalue weighted by Gasteiger charge is 2.26. The zero-order chi connectivity index (χ0) is 14.6. The number of carbonyl (C=O) groups is 2. The Morgan fingerprint density at radius 1 is 1.42 bits per heavy atom. The molecule has 0 heterocycles. The van der Waals surface area contributed by atoms with Gasteiger partial charge in [0.15, 0.2) is 0 Å². The number of aliphatic carboxylic acids is 1. The van der Waals surface area contributed by atoms with Crippen molar-refractivity contribution in [1.82, 2.24) is 5.32 Å². The van der Waals surface area contributed by atoms with E-state index < -0.39 is 17.9 Å². The number of carboxylic acid groups (broad SMARTS) is 1. The summed E-state index contributed by atoms with van der Waals surface area (Å²) in [5.41, 5.74) is 0.0453. The summed E-state index contributed by atoms with van der Waals surface area (Å²) < 4.78 is 0.630. The highest BCUT2D eigenvalue weighted by molar-refractivity contribution is 9.10. The molecule has 0 bridgehead atoms. The molecule has 6 heteroatoms. The first-order valence-corrected chi connectivity index (χ1v) is 6.68.